The molecule has 0 aromatic heterocycles. The average Bonchev–Trinajstić information content (AvgIpc) is 2.57. The van der Waals surface area contributed by atoms with Gasteiger partial charge in [-0.2, -0.15) is 0 Å². The van der Waals surface area contributed by atoms with Crippen molar-refractivity contribution in [1.82, 2.24) is 0 Å². The van der Waals surface area contributed by atoms with Crippen molar-refractivity contribution in [2.45, 2.75) is 0 Å². The number of halogens is 2. The molecule has 0 aliphatic carbocycles. The lowest BCUT2D eigenvalue weighted by atomic mass is 10.1. The molecule has 0 heterocycles. The molecule has 0 aliphatic heterocycles. The van der Waals surface area contributed by atoms with Crippen LogP contribution in [0.4, 0.5) is 25.8 Å². The zero-order chi connectivity index (χ0) is 16.9. The van der Waals surface area contributed by atoms with Gasteiger partial charge in [0, 0.05) is 17.1 Å². The quantitative estimate of drug-likeness (QED) is 0.712. The van der Waals surface area contributed by atoms with Crippen LogP contribution in [0.5, 0.6) is 0 Å². The number of hydrogen-bond donors (Lipinski definition) is 2. The van der Waals surface area contributed by atoms with E-state index in [2.05, 4.69) is 10.6 Å². The summed E-state index contributed by atoms with van der Waals surface area (Å²) < 4.78 is 27.2. The van der Waals surface area contributed by atoms with Crippen LogP contribution < -0.4 is 10.6 Å². The molecule has 3 rings (SSSR count). The molecular formula is C19H14F2N2O. The van der Waals surface area contributed by atoms with Gasteiger partial charge in [-0.3, -0.25) is 4.79 Å². The number of anilines is 3. The minimum Gasteiger partial charge on any atom is -0.356 e. The van der Waals surface area contributed by atoms with Gasteiger partial charge in [0.1, 0.15) is 17.2 Å². The molecule has 2 N–H and O–H groups in total. The summed E-state index contributed by atoms with van der Waals surface area (Å²) in [5.74, 6) is -2.61. The molecule has 0 saturated carbocycles. The molecule has 0 unspecified atom stereocenters. The predicted octanol–water partition coefficient (Wildman–Crippen LogP) is 4.96. The van der Waals surface area contributed by atoms with Gasteiger partial charge in [-0.25, -0.2) is 8.78 Å². The molecule has 3 aromatic rings. The highest BCUT2D eigenvalue weighted by Crippen LogP contribution is 2.20. The first kappa shape index (κ1) is 15.7. The Morgan fingerprint density at radius 1 is 0.667 bits per heavy atom. The Morgan fingerprint density at radius 2 is 1.21 bits per heavy atom. The van der Waals surface area contributed by atoms with Gasteiger partial charge < -0.3 is 10.6 Å². The molecule has 0 radical (unpaired) electrons. The molecular weight excluding hydrogens is 310 g/mol. The van der Waals surface area contributed by atoms with E-state index in [1.807, 2.05) is 30.3 Å². The smallest absolute Gasteiger partial charge is 0.261 e. The Morgan fingerprint density at radius 3 is 1.83 bits per heavy atom. The molecule has 1 amide bonds. The lowest BCUT2D eigenvalue weighted by Gasteiger charge is -2.09. The lowest BCUT2D eigenvalue weighted by molar-refractivity contribution is 0.101. The van der Waals surface area contributed by atoms with Gasteiger partial charge >= 0.3 is 0 Å². The zero-order valence-electron chi connectivity index (χ0n) is 12.6. The maximum Gasteiger partial charge on any atom is 0.261 e. The molecule has 0 fully saturated rings. The number of para-hydroxylation sites is 1. The van der Waals surface area contributed by atoms with Crippen LogP contribution in [0.25, 0.3) is 0 Å². The van der Waals surface area contributed by atoms with E-state index in [9.17, 15) is 13.6 Å². The Balaban J connectivity index is 1.71. The van der Waals surface area contributed by atoms with Crippen molar-refractivity contribution in [1.29, 1.82) is 0 Å². The van der Waals surface area contributed by atoms with Gasteiger partial charge in [-0.15, -0.1) is 0 Å². The second-order valence-electron chi connectivity index (χ2n) is 5.12. The van der Waals surface area contributed by atoms with Crippen LogP contribution >= 0.6 is 0 Å². The standard InChI is InChI=1S/C19H14F2N2O/c20-16-7-4-8-17(21)18(16)19(24)23-15-11-9-14(10-12-15)22-13-5-2-1-3-6-13/h1-12,22H,(H,23,24). The number of hydrogen-bond acceptors (Lipinski definition) is 2. The van der Waals surface area contributed by atoms with Crippen LogP contribution in [0.1, 0.15) is 10.4 Å². The average molecular weight is 324 g/mol. The van der Waals surface area contributed by atoms with E-state index in [1.54, 1.807) is 24.3 Å². The Hall–Kier alpha value is -3.21. The van der Waals surface area contributed by atoms with E-state index in [4.69, 9.17) is 0 Å². The summed E-state index contributed by atoms with van der Waals surface area (Å²) in [5.41, 5.74) is 1.62. The van der Waals surface area contributed by atoms with Crippen LogP contribution in [-0.2, 0) is 0 Å². The van der Waals surface area contributed by atoms with Crippen LogP contribution in [-0.4, -0.2) is 5.91 Å². The van der Waals surface area contributed by atoms with Gasteiger partial charge in [0.15, 0.2) is 0 Å². The molecule has 0 bridgehead atoms. The summed E-state index contributed by atoms with van der Waals surface area (Å²) >= 11 is 0. The highest BCUT2D eigenvalue weighted by molar-refractivity contribution is 6.04. The third-order valence-electron chi connectivity index (χ3n) is 3.40. The minimum absolute atomic E-state index is 0.446. The topological polar surface area (TPSA) is 41.1 Å². The number of carbonyl (C=O) groups is 1. The summed E-state index contributed by atoms with van der Waals surface area (Å²) in [4.78, 5) is 12.0. The third kappa shape index (κ3) is 3.57. The lowest BCUT2D eigenvalue weighted by Crippen LogP contribution is -2.15. The molecule has 0 saturated heterocycles. The first-order valence-electron chi connectivity index (χ1n) is 7.31. The van der Waals surface area contributed by atoms with Gasteiger partial charge in [-0.1, -0.05) is 24.3 Å². The number of amides is 1. The first-order chi connectivity index (χ1) is 11.6. The Bertz CT molecular complexity index is 829. The van der Waals surface area contributed by atoms with E-state index in [1.165, 1.54) is 6.07 Å². The van der Waals surface area contributed by atoms with Crippen molar-refractivity contribution in [2.24, 2.45) is 0 Å². The van der Waals surface area contributed by atoms with E-state index < -0.39 is 23.1 Å². The zero-order valence-corrected chi connectivity index (χ0v) is 12.6. The highest BCUT2D eigenvalue weighted by Gasteiger charge is 2.16. The summed E-state index contributed by atoms with van der Waals surface area (Å²) in [6, 6.07) is 19.8. The normalized spacial score (nSPS) is 10.2. The van der Waals surface area contributed by atoms with Gasteiger partial charge in [0.05, 0.1) is 0 Å². The van der Waals surface area contributed by atoms with E-state index >= 15 is 0 Å². The first-order valence-corrected chi connectivity index (χ1v) is 7.31. The van der Waals surface area contributed by atoms with Crippen LogP contribution in [0.2, 0.25) is 0 Å². The van der Waals surface area contributed by atoms with E-state index in [0.717, 1.165) is 23.5 Å². The van der Waals surface area contributed by atoms with E-state index in [-0.39, 0.29) is 0 Å². The van der Waals surface area contributed by atoms with Gasteiger partial charge in [-0.05, 0) is 48.5 Å². The largest absolute Gasteiger partial charge is 0.356 e. The highest BCUT2D eigenvalue weighted by atomic mass is 19.1. The number of benzene rings is 3. The van der Waals surface area contributed by atoms with Crippen molar-refractivity contribution >= 4 is 23.0 Å². The maximum atomic E-state index is 13.6. The molecule has 24 heavy (non-hydrogen) atoms. The molecule has 0 atom stereocenters. The Kier molecular flexibility index (Phi) is 4.52. The van der Waals surface area contributed by atoms with Crippen molar-refractivity contribution < 1.29 is 13.6 Å². The summed E-state index contributed by atoms with van der Waals surface area (Å²) in [6.07, 6.45) is 0. The third-order valence-corrected chi connectivity index (χ3v) is 3.40. The number of nitrogens with one attached hydrogen (secondary N) is 2. The van der Waals surface area contributed by atoms with Gasteiger partial charge in [0.2, 0.25) is 0 Å². The van der Waals surface area contributed by atoms with Crippen molar-refractivity contribution in [3.05, 3.63) is 90.0 Å². The summed E-state index contributed by atoms with van der Waals surface area (Å²) in [5, 5.41) is 5.69. The molecule has 3 aromatic carbocycles. The fourth-order valence-corrected chi connectivity index (χ4v) is 2.23. The summed E-state index contributed by atoms with van der Waals surface area (Å²) in [7, 11) is 0. The van der Waals surface area contributed by atoms with Crippen LogP contribution in [0.3, 0.4) is 0 Å². The maximum absolute atomic E-state index is 13.6. The van der Waals surface area contributed by atoms with Crippen LogP contribution in [0.15, 0.2) is 72.8 Å². The molecule has 5 heteroatoms. The van der Waals surface area contributed by atoms with Gasteiger partial charge in [0.25, 0.3) is 5.91 Å². The minimum atomic E-state index is -0.894. The Labute approximate surface area is 138 Å². The summed E-state index contributed by atoms with van der Waals surface area (Å²) in [6.45, 7) is 0. The SMILES string of the molecule is O=C(Nc1ccc(Nc2ccccc2)cc1)c1c(F)cccc1F. The van der Waals surface area contributed by atoms with Crippen LogP contribution in [0, 0.1) is 11.6 Å². The molecule has 0 aliphatic rings. The van der Waals surface area contributed by atoms with Crippen molar-refractivity contribution in [3.63, 3.8) is 0 Å². The molecule has 3 nitrogen and oxygen atoms in total. The van der Waals surface area contributed by atoms with Crippen molar-refractivity contribution in [2.75, 3.05) is 10.6 Å². The molecule has 120 valence electrons. The molecule has 0 spiro atoms. The fraction of sp³-hybridized carbons (Fsp3) is 0. The number of rotatable bonds is 4. The van der Waals surface area contributed by atoms with E-state index in [0.29, 0.717) is 5.69 Å². The fourth-order valence-electron chi connectivity index (χ4n) is 2.23. The second-order valence-corrected chi connectivity index (χ2v) is 5.12. The predicted molar refractivity (Wildman–Crippen MR) is 90.5 cm³/mol. The second kappa shape index (κ2) is 6.91. The number of carbonyl (C=O) groups excluding carboxylic acids is 1. The van der Waals surface area contributed by atoms with Crippen molar-refractivity contribution in [3.8, 4) is 0 Å². The monoisotopic (exact) mass is 324 g/mol.